The van der Waals surface area contributed by atoms with Crippen molar-refractivity contribution in [1.29, 1.82) is 0 Å². The van der Waals surface area contributed by atoms with Crippen LogP contribution in [0, 0.1) is 5.92 Å². The van der Waals surface area contributed by atoms with Crippen molar-refractivity contribution in [2.75, 3.05) is 19.7 Å². The molecule has 0 amide bonds. The number of rotatable bonds is 4. The molecule has 0 aliphatic carbocycles. The van der Waals surface area contributed by atoms with Gasteiger partial charge in [0.2, 0.25) is 10.0 Å². The lowest BCUT2D eigenvalue weighted by Gasteiger charge is -2.31. The van der Waals surface area contributed by atoms with Gasteiger partial charge in [-0.2, -0.15) is 0 Å². The molecule has 5 nitrogen and oxygen atoms in total. The van der Waals surface area contributed by atoms with Crippen LogP contribution in [0.5, 0.6) is 0 Å². The molecule has 3 rings (SSSR count). The fraction of sp³-hybridized carbons (Fsp3) is 0.438. The van der Waals surface area contributed by atoms with Crippen LogP contribution in [-0.2, 0) is 15.8 Å². The molecule has 118 valence electrons. The predicted molar refractivity (Wildman–Crippen MR) is 85.7 cm³/mol. The van der Waals surface area contributed by atoms with Crippen LogP contribution in [0.25, 0.3) is 10.9 Å². The van der Waals surface area contributed by atoms with Crippen molar-refractivity contribution in [3.8, 4) is 0 Å². The monoisotopic (exact) mass is 320 g/mol. The van der Waals surface area contributed by atoms with Crippen LogP contribution in [0.2, 0.25) is 0 Å². The molecule has 6 heteroatoms. The maximum Gasteiger partial charge on any atom is 0.218 e. The summed E-state index contributed by atoms with van der Waals surface area (Å²) in [7, 11) is -3.39. The predicted octanol–water partition coefficient (Wildman–Crippen LogP) is 1.77. The Labute approximate surface area is 130 Å². The van der Waals surface area contributed by atoms with Gasteiger partial charge in [-0.25, -0.2) is 12.7 Å². The van der Waals surface area contributed by atoms with Gasteiger partial charge in [-0.3, -0.25) is 4.98 Å². The summed E-state index contributed by atoms with van der Waals surface area (Å²) in [4.78, 5) is 4.32. The topological polar surface area (TPSA) is 70.5 Å². The average molecular weight is 320 g/mol. The maximum atomic E-state index is 12.7. The Morgan fingerprint density at radius 3 is 2.91 bits per heavy atom. The molecule has 1 aromatic heterocycles. The Balaban J connectivity index is 1.87. The third kappa shape index (κ3) is 3.14. The molecule has 0 radical (unpaired) electrons. The second-order valence-corrected chi connectivity index (χ2v) is 7.77. The van der Waals surface area contributed by atoms with Crippen molar-refractivity contribution in [1.82, 2.24) is 9.29 Å². The highest BCUT2D eigenvalue weighted by Crippen LogP contribution is 2.23. The number of fused-ring (bicyclic) bond motifs is 1. The van der Waals surface area contributed by atoms with E-state index in [1.54, 1.807) is 6.20 Å². The zero-order valence-corrected chi connectivity index (χ0v) is 13.2. The molecule has 0 spiro atoms. The third-order valence-corrected chi connectivity index (χ3v) is 5.98. The summed E-state index contributed by atoms with van der Waals surface area (Å²) < 4.78 is 26.9. The van der Waals surface area contributed by atoms with E-state index in [9.17, 15) is 13.5 Å². The molecule has 1 aliphatic heterocycles. The number of aliphatic hydroxyl groups excluding tert-OH is 1. The minimum atomic E-state index is -3.39. The first-order valence-corrected chi connectivity index (χ1v) is 9.12. The summed E-state index contributed by atoms with van der Waals surface area (Å²) in [6.07, 6.45) is 3.37. The van der Waals surface area contributed by atoms with Gasteiger partial charge in [0.05, 0.1) is 11.3 Å². The molecular formula is C16H20N2O3S. The van der Waals surface area contributed by atoms with Gasteiger partial charge in [0.15, 0.2) is 0 Å². The van der Waals surface area contributed by atoms with E-state index >= 15 is 0 Å². The summed E-state index contributed by atoms with van der Waals surface area (Å²) in [5, 5.41) is 10.2. The summed E-state index contributed by atoms with van der Waals surface area (Å²) in [5.74, 6) is 0.00799. The van der Waals surface area contributed by atoms with Crippen LogP contribution in [0.15, 0.2) is 36.5 Å². The highest BCUT2D eigenvalue weighted by molar-refractivity contribution is 7.88. The molecule has 2 aromatic rings. The molecule has 1 fully saturated rings. The zero-order valence-electron chi connectivity index (χ0n) is 12.4. The minimum Gasteiger partial charge on any atom is -0.396 e. The second-order valence-electron chi connectivity index (χ2n) is 5.80. The lowest BCUT2D eigenvalue weighted by Crippen LogP contribution is -2.41. The van der Waals surface area contributed by atoms with Crippen molar-refractivity contribution in [2.24, 2.45) is 5.92 Å². The summed E-state index contributed by atoms with van der Waals surface area (Å²) in [6, 6.07) is 9.39. The zero-order chi connectivity index (χ0) is 15.6. The standard InChI is InChI=1S/C16H20N2O3S/c19-11-13-4-3-9-18(10-13)22(20,21)12-15-6-1-5-14-7-2-8-17-16(14)15/h1-2,5-8,13,19H,3-4,9-12H2. The number of sulfonamides is 1. The van der Waals surface area contributed by atoms with Gasteiger partial charge in [0, 0.05) is 31.3 Å². The van der Waals surface area contributed by atoms with Crippen LogP contribution < -0.4 is 0 Å². The van der Waals surface area contributed by atoms with Gasteiger partial charge in [0.1, 0.15) is 0 Å². The van der Waals surface area contributed by atoms with Crippen LogP contribution in [0.3, 0.4) is 0 Å². The number of hydrogen-bond acceptors (Lipinski definition) is 4. The Morgan fingerprint density at radius 1 is 1.27 bits per heavy atom. The van der Waals surface area contributed by atoms with E-state index < -0.39 is 10.0 Å². The third-order valence-electron chi connectivity index (χ3n) is 4.19. The fourth-order valence-electron chi connectivity index (χ4n) is 3.00. The van der Waals surface area contributed by atoms with Crippen molar-refractivity contribution in [3.05, 3.63) is 42.1 Å². The van der Waals surface area contributed by atoms with E-state index in [4.69, 9.17) is 0 Å². The number of nitrogens with zero attached hydrogens (tertiary/aromatic N) is 2. The molecule has 1 atom stereocenters. The van der Waals surface area contributed by atoms with Crippen molar-refractivity contribution >= 4 is 20.9 Å². The normalized spacial score (nSPS) is 20.3. The molecule has 1 N–H and O–H groups in total. The highest BCUT2D eigenvalue weighted by Gasteiger charge is 2.29. The van der Waals surface area contributed by atoms with Gasteiger partial charge in [0.25, 0.3) is 0 Å². The summed E-state index contributed by atoms with van der Waals surface area (Å²) in [5.41, 5.74) is 1.47. The van der Waals surface area contributed by atoms with Crippen molar-refractivity contribution in [2.45, 2.75) is 18.6 Å². The van der Waals surface area contributed by atoms with E-state index in [0.29, 0.717) is 13.1 Å². The first kappa shape index (κ1) is 15.4. The molecule has 1 aromatic carbocycles. The number of pyridine rings is 1. The lowest BCUT2D eigenvalue weighted by molar-refractivity contribution is 0.165. The maximum absolute atomic E-state index is 12.7. The first-order chi connectivity index (χ1) is 10.6. The van der Waals surface area contributed by atoms with Gasteiger partial charge >= 0.3 is 0 Å². The SMILES string of the molecule is O=S(=O)(Cc1cccc2cccnc12)N1CCCC(CO)C1. The highest BCUT2D eigenvalue weighted by atomic mass is 32.2. The van der Waals surface area contributed by atoms with E-state index in [1.807, 2.05) is 30.3 Å². The largest absolute Gasteiger partial charge is 0.396 e. The minimum absolute atomic E-state index is 0.0422. The number of para-hydroxylation sites is 1. The van der Waals surface area contributed by atoms with E-state index in [1.165, 1.54) is 4.31 Å². The summed E-state index contributed by atoms with van der Waals surface area (Å²) in [6.45, 7) is 0.996. The smallest absolute Gasteiger partial charge is 0.218 e. The first-order valence-electron chi connectivity index (χ1n) is 7.51. The molecule has 22 heavy (non-hydrogen) atoms. The van der Waals surface area contributed by atoms with Crippen LogP contribution in [0.1, 0.15) is 18.4 Å². The number of aromatic nitrogens is 1. The number of aliphatic hydroxyl groups is 1. The van der Waals surface area contributed by atoms with Gasteiger partial charge in [-0.1, -0.05) is 24.3 Å². The molecule has 1 saturated heterocycles. The molecule has 1 aliphatic rings. The van der Waals surface area contributed by atoms with E-state index in [0.717, 1.165) is 29.3 Å². The van der Waals surface area contributed by atoms with Crippen LogP contribution >= 0.6 is 0 Å². The molecule has 1 unspecified atom stereocenters. The second kappa shape index (κ2) is 6.32. The number of piperidine rings is 1. The van der Waals surface area contributed by atoms with Crippen LogP contribution in [0.4, 0.5) is 0 Å². The number of hydrogen-bond donors (Lipinski definition) is 1. The Bertz CT molecular complexity index is 756. The number of benzene rings is 1. The molecule has 2 heterocycles. The Kier molecular flexibility index (Phi) is 4.42. The van der Waals surface area contributed by atoms with Crippen molar-refractivity contribution < 1.29 is 13.5 Å². The van der Waals surface area contributed by atoms with Crippen LogP contribution in [-0.4, -0.2) is 42.5 Å². The summed E-state index contributed by atoms with van der Waals surface area (Å²) >= 11 is 0. The lowest BCUT2D eigenvalue weighted by atomic mass is 10.0. The van der Waals surface area contributed by atoms with Crippen molar-refractivity contribution in [3.63, 3.8) is 0 Å². The van der Waals surface area contributed by atoms with Gasteiger partial charge in [-0.05, 0) is 30.4 Å². The quantitative estimate of drug-likeness (QED) is 0.932. The fourth-order valence-corrected chi connectivity index (χ4v) is 4.65. The molecular weight excluding hydrogens is 300 g/mol. The average Bonchev–Trinajstić information content (AvgIpc) is 2.55. The molecule has 0 saturated carbocycles. The molecule has 0 bridgehead atoms. The van der Waals surface area contributed by atoms with Gasteiger partial charge < -0.3 is 5.11 Å². The Morgan fingerprint density at radius 2 is 2.09 bits per heavy atom. The van der Waals surface area contributed by atoms with E-state index in [2.05, 4.69) is 4.98 Å². The Hall–Kier alpha value is -1.50. The van der Waals surface area contributed by atoms with E-state index in [-0.39, 0.29) is 18.3 Å². The van der Waals surface area contributed by atoms with Gasteiger partial charge in [-0.15, -0.1) is 0 Å².